The molecule has 0 saturated carbocycles. The lowest BCUT2D eigenvalue weighted by atomic mass is 9.99. The third kappa shape index (κ3) is 3.98. The van der Waals surface area contributed by atoms with E-state index in [1.807, 2.05) is 49.4 Å². The van der Waals surface area contributed by atoms with Gasteiger partial charge in [0.1, 0.15) is 23.7 Å². The number of benzene rings is 3. The molecule has 0 fully saturated rings. The monoisotopic (exact) mass is 406 g/mol. The summed E-state index contributed by atoms with van der Waals surface area (Å²) in [6.07, 6.45) is 0. The van der Waals surface area contributed by atoms with Crippen LogP contribution in [0.3, 0.4) is 0 Å². The molecule has 0 amide bonds. The number of rotatable bonds is 5. The average molecular weight is 407 g/mol. The van der Waals surface area contributed by atoms with Gasteiger partial charge in [-0.1, -0.05) is 35.9 Å². The highest BCUT2D eigenvalue weighted by molar-refractivity contribution is 6.30. The molecule has 4 nitrogen and oxygen atoms in total. The van der Waals surface area contributed by atoms with Crippen LogP contribution in [0.15, 0.2) is 75.9 Å². The first kappa shape index (κ1) is 19.1. The fraction of sp³-hybridized carbons (Fsp3) is 0.125. The molecule has 4 aromatic rings. The van der Waals surface area contributed by atoms with E-state index in [1.165, 1.54) is 0 Å². The van der Waals surface area contributed by atoms with Gasteiger partial charge in [0.25, 0.3) is 0 Å². The summed E-state index contributed by atoms with van der Waals surface area (Å²) in [7, 11) is 1.64. The molecule has 0 aliphatic carbocycles. The van der Waals surface area contributed by atoms with Crippen molar-refractivity contribution in [2.24, 2.45) is 0 Å². The van der Waals surface area contributed by atoms with Crippen molar-refractivity contribution in [3.63, 3.8) is 0 Å². The van der Waals surface area contributed by atoms with Gasteiger partial charge in [-0.2, -0.15) is 0 Å². The first-order valence-electron chi connectivity index (χ1n) is 9.14. The van der Waals surface area contributed by atoms with Crippen molar-refractivity contribution in [2.45, 2.75) is 13.5 Å². The summed E-state index contributed by atoms with van der Waals surface area (Å²) in [5.41, 5.74) is 3.29. The van der Waals surface area contributed by atoms with Crippen molar-refractivity contribution in [3.8, 4) is 22.6 Å². The van der Waals surface area contributed by atoms with E-state index >= 15 is 0 Å². The summed E-state index contributed by atoms with van der Waals surface area (Å²) in [5, 5.41) is 1.45. The van der Waals surface area contributed by atoms with E-state index in [0.717, 1.165) is 27.8 Å². The second kappa shape index (κ2) is 8.02. The van der Waals surface area contributed by atoms with Crippen LogP contribution in [0.2, 0.25) is 5.02 Å². The zero-order valence-corrected chi connectivity index (χ0v) is 16.8. The van der Waals surface area contributed by atoms with Gasteiger partial charge in [0.05, 0.1) is 12.7 Å². The molecule has 3 aromatic carbocycles. The van der Waals surface area contributed by atoms with E-state index in [2.05, 4.69) is 0 Å². The van der Waals surface area contributed by atoms with Gasteiger partial charge >= 0.3 is 5.63 Å². The molecule has 29 heavy (non-hydrogen) atoms. The molecule has 0 unspecified atom stereocenters. The molecule has 0 aliphatic rings. The molecule has 5 heteroatoms. The van der Waals surface area contributed by atoms with Crippen molar-refractivity contribution in [3.05, 3.63) is 93.3 Å². The van der Waals surface area contributed by atoms with Crippen LogP contribution in [0, 0.1) is 6.92 Å². The Kier molecular flexibility index (Phi) is 5.28. The van der Waals surface area contributed by atoms with Crippen LogP contribution in [-0.2, 0) is 6.61 Å². The Bertz CT molecular complexity index is 1230. The van der Waals surface area contributed by atoms with E-state index in [1.54, 1.807) is 31.4 Å². The third-order valence-electron chi connectivity index (χ3n) is 4.81. The zero-order valence-electron chi connectivity index (χ0n) is 16.1. The largest absolute Gasteiger partial charge is 0.497 e. The molecule has 1 aromatic heterocycles. The molecule has 1 heterocycles. The Labute approximate surface area is 173 Å². The lowest BCUT2D eigenvalue weighted by Gasteiger charge is -2.11. The lowest BCUT2D eigenvalue weighted by Crippen LogP contribution is -2.06. The topological polar surface area (TPSA) is 48.7 Å². The van der Waals surface area contributed by atoms with E-state index < -0.39 is 0 Å². The van der Waals surface area contributed by atoms with Gasteiger partial charge in [-0.15, -0.1) is 0 Å². The van der Waals surface area contributed by atoms with Crippen molar-refractivity contribution in [1.29, 1.82) is 0 Å². The molecule has 146 valence electrons. The van der Waals surface area contributed by atoms with E-state index in [4.69, 9.17) is 25.5 Å². The van der Waals surface area contributed by atoms with Crippen molar-refractivity contribution in [1.82, 2.24) is 0 Å². The summed E-state index contributed by atoms with van der Waals surface area (Å²) in [6, 6.07) is 20.3. The van der Waals surface area contributed by atoms with Gasteiger partial charge in [0.15, 0.2) is 0 Å². The molecular weight excluding hydrogens is 388 g/mol. The average Bonchev–Trinajstić information content (AvgIpc) is 2.74. The second-order valence-electron chi connectivity index (χ2n) is 6.69. The van der Waals surface area contributed by atoms with Gasteiger partial charge < -0.3 is 13.9 Å². The Morgan fingerprint density at radius 2 is 1.76 bits per heavy atom. The fourth-order valence-corrected chi connectivity index (χ4v) is 3.43. The quantitative estimate of drug-likeness (QED) is 0.381. The summed E-state index contributed by atoms with van der Waals surface area (Å²) < 4.78 is 16.7. The molecule has 0 radical (unpaired) electrons. The maximum atomic E-state index is 12.6. The van der Waals surface area contributed by atoms with Crippen LogP contribution in [0.1, 0.15) is 11.1 Å². The Morgan fingerprint density at radius 3 is 2.52 bits per heavy atom. The van der Waals surface area contributed by atoms with E-state index in [-0.39, 0.29) is 5.63 Å². The zero-order chi connectivity index (χ0) is 20.4. The SMILES string of the molecule is COc1cccc(COc2ccc3oc(=O)c(-c4ccc(Cl)cc4)c(C)c3c2)c1. The number of hydrogen-bond acceptors (Lipinski definition) is 4. The number of aryl methyl sites for hydroxylation is 1. The van der Waals surface area contributed by atoms with E-state index in [9.17, 15) is 4.79 Å². The summed E-state index contributed by atoms with van der Waals surface area (Å²) >= 11 is 5.97. The first-order valence-corrected chi connectivity index (χ1v) is 9.52. The van der Waals surface area contributed by atoms with Gasteiger partial charge in [0, 0.05) is 10.4 Å². The van der Waals surface area contributed by atoms with Crippen LogP contribution >= 0.6 is 11.6 Å². The normalized spacial score (nSPS) is 10.9. The number of halogens is 1. The summed E-state index contributed by atoms with van der Waals surface area (Å²) in [6.45, 7) is 2.32. The minimum absolute atomic E-state index is 0.373. The molecule has 0 spiro atoms. The third-order valence-corrected chi connectivity index (χ3v) is 5.06. The Morgan fingerprint density at radius 1 is 0.966 bits per heavy atom. The van der Waals surface area contributed by atoms with Crippen LogP contribution in [-0.4, -0.2) is 7.11 Å². The lowest BCUT2D eigenvalue weighted by molar-refractivity contribution is 0.305. The molecule has 0 aliphatic heterocycles. The van der Waals surface area contributed by atoms with Gasteiger partial charge in [0.2, 0.25) is 0 Å². The number of hydrogen-bond donors (Lipinski definition) is 0. The number of ether oxygens (including phenoxy) is 2. The molecule has 0 bridgehead atoms. The van der Waals surface area contributed by atoms with Crippen molar-refractivity contribution in [2.75, 3.05) is 7.11 Å². The predicted octanol–water partition coefficient (Wildman–Crippen LogP) is 6.01. The molecule has 0 N–H and O–H groups in total. The van der Waals surface area contributed by atoms with Crippen LogP contribution in [0.4, 0.5) is 0 Å². The minimum atomic E-state index is -0.373. The highest BCUT2D eigenvalue weighted by Gasteiger charge is 2.14. The van der Waals surface area contributed by atoms with Gasteiger partial charge in [-0.25, -0.2) is 4.79 Å². The van der Waals surface area contributed by atoms with Crippen LogP contribution < -0.4 is 15.1 Å². The standard InChI is InChI=1S/C24H19ClO4/c1-15-21-13-20(28-14-16-4-3-5-19(12-16)27-2)10-11-22(21)29-24(26)23(15)17-6-8-18(25)9-7-17/h3-13H,14H2,1-2H3. The molecular formula is C24H19ClO4. The Hall–Kier alpha value is -3.24. The highest BCUT2D eigenvalue weighted by Crippen LogP contribution is 2.30. The predicted molar refractivity (Wildman–Crippen MR) is 115 cm³/mol. The maximum absolute atomic E-state index is 12.6. The Balaban J connectivity index is 1.69. The second-order valence-corrected chi connectivity index (χ2v) is 7.13. The summed E-state index contributed by atoms with van der Waals surface area (Å²) in [5.74, 6) is 1.48. The van der Waals surface area contributed by atoms with Crippen LogP contribution in [0.25, 0.3) is 22.1 Å². The molecule has 4 rings (SSSR count). The molecule has 0 saturated heterocycles. The summed E-state index contributed by atoms with van der Waals surface area (Å²) in [4.78, 5) is 12.6. The fourth-order valence-electron chi connectivity index (χ4n) is 3.30. The van der Waals surface area contributed by atoms with Gasteiger partial charge in [-0.05, 0) is 66.1 Å². The minimum Gasteiger partial charge on any atom is -0.497 e. The molecule has 0 atom stereocenters. The van der Waals surface area contributed by atoms with Crippen LogP contribution in [0.5, 0.6) is 11.5 Å². The highest BCUT2D eigenvalue weighted by atomic mass is 35.5. The van der Waals surface area contributed by atoms with Crippen molar-refractivity contribution < 1.29 is 13.9 Å². The maximum Gasteiger partial charge on any atom is 0.344 e. The number of fused-ring (bicyclic) bond motifs is 1. The van der Waals surface area contributed by atoms with E-state index in [0.29, 0.717) is 28.5 Å². The smallest absolute Gasteiger partial charge is 0.344 e. The first-order chi connectivity index (χ1) is 14.0. The number of methoxy groups -OCH3 is 1. The van der Waals surface area contributed by atoms with Gasteiger partial charge in [-0.3, -0.25) is 0 Å². The van der Waals surface area contributed by atoms with Crippen molar-refractivity contribution >= 4 is 22.6 Å².